The number of piperazine rings is 1. The third-order valence-corrected chi connectivity index (χ3v) is 6.22. The second-order valence-electron chi connectivity index (χ2n) is 6.69. The molecule has 4 aromatic rings. The van der Waals surface area contributed by atoms with Crippen molar-refractivity contribution in [2.45, 2.75) is 13.3 Å². The summed E-state index contributed by atoms with van der Waals surface area (Å²) < 4.78 is 8.64. The van der Waals surface area contributed by atoms with Gasteiger partial charge in [0, 0.05) is 45.0 Å². The van der Waals surface area contributed by atoms with E-state index < -0.39 is 0 Å². The summed E-state index contributed by atoms with van der Waals surface area (Å²) >= 11 is 1.71. The number of aromatic nitrogens is 5. The monoisotopic (exact) mass is 395 g/mol. The highest BCUT2D eigenvalue weighted by molar-refractivity contribution is 7.22. The third-order valence-electron chi connectivity index (χ3n) is 5.14. The lowest BCUT2D eigenvalue weighted by Gasteiger charge is -2.35. The molecule has 0 spiro atoms. The van der Waals surface area contributed by atoms with Crippen LogP contribution in [0.3, 0.4) is 0 Å². The number of thiazole rings is 1. The van der Waals surface area contributed by atoms with Gasteiger partial charge in [0.25, 0.3) is 0 Å². The Morgan fingerprint density at radius 1 is 1.11 bits per heavy atom. The number of ether oxygens (including phenoxy) is 1. The lowest BCUT2D eigenvalue weighted by Crippen LogP contribution is -2.47. The van der Waals surface area contributed by atoms with E-state index in [-0.39, 0.29) is 0 Å². The highest BCUT2D eigenvalue weighted by Gasteiger charge is 2.23. The van der Waals surface area contributed by atoms with Gasteiger partial charge in [-0.15, -0.1) is 10.2 Å². The molecule has 144 valence electrons. The topological polar surface area (TPSA) is 71.7 Å². The van der Waals surface area contributed by atoms with Crippen LogP contribution < -0.4 is 14.5 Å². The van der Waals surface area contributed by atoms with Gasteiger partial charge in [-0.3, -0.25) is 4.40 Å². The third kappa shape index (κ3) is 2.73. The van der Waals surface area contributed by atoms with Crippen LogP contribution in [-0.2, 0) is 6.42 Å². The summed E-state index contributed by atoms with van der Waals surface area (Å²) in [4.78, 5) is 14.0. The number of fused-ring (bicyclic) bond motifs is 2. The molecular weight excluding hydrogens is 374 g/mol. The van der Waals surface area contributed by atoms with Crippen LogP contribution in [0.1, 0.15) is 12.7 Å². The number of anilines is 2. The molecule has 1 aliphatic rings. The van der Waals surface area contributed by atoms with Crippen LogP contribution in [-0.4, -0.2) is 57.9 Å². The Kier molecular flexibility index (Phi) is 4.23. The molecule has 9 heteroatoms. The first-order valence-corrected chi connectivity index (χ1v) is 10.2. The summed E-state index contributed by atoms with van der Waals surface area (Å²) in [5.41, 5.74) is 1.77. The first kappa shape index (κ1) is 17.2. The molecule has 3 aromatic heterocycles. The molecular formula is C19H21N7OS. The second-order valence-corrected chi connectivity index (χ2v) is 7.70. The van der Waals surface area contributed by atoms with Crippen molar-refractivity contribution in [3.63, 3.8) is 0 Å². The van der Waals surface area contributed by atoms with Crippen molar-refractivity contribution < 1.29 is 4.74 Å². The maximum atomic E-state index is 5.45. The summed E-state index contributed by atoms with van der Waals surface area (Å²) in [7, 11) is 1.69. The van der Waals surface area contributed by atoms with E-state index in [0.717, 1.165) is 71.0 Å². The molecule has 0 amide bonds. The lowest BCUT2D eigenvalue weighted by atomic mass is 10.3. The molecule has 1 aliphatic heterocycles. The van der Waals surface area contributed by atoms with Gasteiger partial charge < -0.3 is 14.5 Å². The van der Waals surface area contributed by atoms with Gasteiger partial charge in [0.15, 0.2) is 10.9 Å². The van der Waals surface area contributed by atoms with Gasteiger partial charge in [-0.1, -0.05) is 24.3 Å². The number of aryl methyl sites for hydroxylation is 1. The van der Waals surface area contributed by atoms with Crippen LogP contribution in [0.4, 0.5) is 10.9 Å². The zero-order chi connectivity index (χ0) is 19.1. The summed E-state index contributed by atoms with van der Waals surface area (Å²) in [6, 6.07) is 6.06. The predicted molar refractivity (Wildman–Crippen MR) is 111 cm³/mol. The van der Waals surface area contributed by atoms with Gasteiger partial charge in [0.1, 0.15) is 17.1 Å². The fourth-order valence-corrected chi connectivity index (χ4v) is 4.68. The highest BCUT2D eigenvalue weighted by Crippen LogP contribution is 2.34. The van der Waals surface area contributed by atoms with E-state index in [1.54, 1.807) is 18.4 Å². The molecule has 0 aliphatic carbocycles. The van der Waals surface area contributed by atoms with E-state index in [1.807, 2.05) is 28.9 Å². The molecule has 0 saturated carbocycles. The number of nitrogens with zero attached hydrogens (tertiary/aromatic N) is 7. The fraction of sp³-hybridized carbons (Fsp3) is 0.368. The van der Waals surface area contributed by atoms with Gasteiger partial charge in [-0.25, -0.2) is 9.97 Å². The van der Waals surface area contributed by atoms with Crippen LogP contribution in [0, 0.1) is 0 Å². The molecule has 0 N–H and O–H groups in total. The molecule has 1 fully saturated rings. The lowest BCUT2D eigenvalue weighted by molar-refractivity contribution is 0.419. The van der Waals surface area contributed by atoms with Crippen LogP contribution in [0.2, 0.25) is 0 Å². The zero-order valence-electron chi connectivity index (χ0n) is 15.9. The van der Waals surface area contributed by atoms with Crippen LogP contribution in [0.5, 0.6) is 5.75 Å². The Labute approximate surface area is 166 Å². The average molecular weight is 395 g/mol. The predicted octanol–water partition coefficient (Wildman–Crippen LogP) is 2.63. The van der Waals surface area contributed by atoms with Crippen LogP contribution in [0.15, 0.2) is 30.6 Å². The average Bonchev–Trinajstić information content (AvgIpc) is 3.37. The van der Waals surface area contributed by atoms with E-state index in [4.69, 9.17) is 9.72 Å². The SMILES string of the molecule is CCc1nnc2c(N3CCN(c4nc5c(OC)cccc5s4)CC3)nccn12. The van der Waals surface area contributed by atoms with E-state index in [9.17, 15) is 0 Å². The molecule has 8 nitrogen and oxygen atoms in total. The number of hydrogen-bond acceptors (Lipinski definition) is 8. The molecule has 1 saturated heterocycles. The number of rotatable bonds is 4. The molecule has 0 radical (unpaired) electrons. The van der Waals surface area contributed by atoms with Gasteiger partial charge in [0.2, 0.25) is 5.65 Å². The minimum absolute atomic E-state index is 0.827. The van der Waals surface area contributed by atoms with Crippen molar-refractivity contribution in [2.24, 2.45) is 0 Å². The van der Waals surface area contributed by atoms with Gasteiger partial charge in [-0.05, 0) is 12.1 Å². The molecule has 0 atom stereocenters. The van der Waals surface area contributed by atoms with Crippen LogP contribution >= 0.6 is 11.3 Å². The van der Waals surface area contributed by atoms with Crippen molar-refractivity contribution >= 4 is 38.2 Å². The quantitative estimate of drug-likeness (QED) is 0.526. The van der Waals surface area contributed by atoms with E-state index in [0.29, 0.717) is 0 Å². The van der Waals surface area contributed by atoms with Crippen LogP contribution in [0.25, 0.3) is 15.9 Å². The largest absolute Gasteiger partial charge is 0.494 e. The molecule has 4 heterocycles. The Morgan fingerprint density at radius 2 is 1.93 bits per heavy atom. The number of benzene rings is 1. The summed E-state index contributed by atoms with van der Waals surface area (Å²) in [6.45, 7) is 5.60. The number of hydrogen-bond donors (Lipinski definition) is 0. The Morgan fingerprint density at radius 3 is 2.71 bits per heavy atom. The summed E-state index contributed by atoms with van der Waals surface area (Å²) in [6.07, 6.45) is 4.61. The highest BCUT2D eigenvalue weighted by atomic mass is 32.1. The maximum absolute atomic E-state index is 5.45. The van der Waals surface area contributed by atoms with Crippen molar-refractivity contribution in [1.82, 2.24) is 24.6 Å². The standard InChI is InChI=1S/C19H21N7OS/c1-3-15-22-23-18-17(20-7-8-26(15)18)24-9-11-25(12-10-24)19-21-16-13(27-2)5-4-6-14(16)28-19/h4-8H,3,9-12H2,1-2H3. The smallest absolute Gasteiger partial charge is 0.203 e. The zero-order valence-corrected chi connectivity index (χ0v) is 16.7. The minimum atomic E-state index is 0.827. The molecule has 5 rings (SSSR count). The fourth-order valence-electron chi connectivity index (χ4n) is 3.65. The van der Waals surface area contributed by atoms with Gasteiger partial charge in [-0.2, -0.15) is 0 Å². The molecule has 28 heavy (non-hydrogen) atoms. The number of para-hydroxylation sites is 1. The first-order chi connectivity index (χ1) is 13.8. The van der Waals surface area contributed by atoms with Crippen molar-refractivity contribution in [1.29, 1.82) is 0 Å². The first-order valence-electron chi connectivity index (χ1n) is 9.40. The van der Waals surface area contributed by atoms with Crippen molar-refractivity contribution in [2.75, 3.05) is 43.1 Å². The van der Waals surface area contributed by atoms with Crippen molar-refractivity contribution in [3.05, 3.63) is 36.4 Å². The Hall–Kier alpha value is -2.94. The summed E-state index contributed by atoms with van der Waals surface area (Å²) in [5, 5.41) is 9.69. The molecule has 0 unspecified atom stereocenters. The van der Waals surface area contributed by atoms with E-state index >= 15 is 0 Å². The van der Waals surface area contributed by atoms with Gasteiger partial charge in [0.05, 0.1) is 11.8 Å². The maximum Gasteiger partial charge on any atom is 0.203 e. The Balaban J connectivity index is 1.38. The Bertz CT molecular complexity index is 1130. The number of methoxy groups -OCH3 is 1. The van der Waals surface area contributed by atoms with Crippen molar-refractivity contribution in [3.8, 4) is 5.75 Å². The van der Waals surface area contributed by atoms with E-state index in [2.05, 4.69) is 38.0 Å². The van der Waals surface area contributed by atoms with Gasteiger partial charge >= 0.3 is 0 Å². The summed E-state index contributed by atoms with van der Waals surface area (Å²) in [5.74, 6) is 2.69. The van der Waals surface area contributed by atoms with E-state index in [1.165, 1.54) is 0 Å². The normalized spacial score (nSPS) is 14.9. The minimum Gasteiger partial charge on any atom is -0.494 e. The molecule has 1 aromatic carbocycles. The second kappa shape index (κ2) is 6.90. The molecule has 0 bridgehead atoms.